The molecule has 1 aliphatic rings. The number of allylic oxidation sites excluding steroid dienone is 1. The Kier molecular flexibility index (Phi) is 5.64. The summed E-state index contributed by atoms with van der Waals surface area (Å²) < 4.78 is 10.7. The Morgan fingerprint density at radius 3 is 2.45 bits per heavy atom. The summed E-state index contributed by atoms with van der Waals surface area (Å²) in [7, 11) is 5.29. The van der Waals surface area contributed by atoms with Gasteiger partial charge < -0.3 is 14.4 Å². The number of hydrogen-bond acceptors (Lipinski definition) is 5. The van der Waals surface area contributed by atoms with Crippen molar-refractivity contribution in [3.8, 4) is 11.5 Å². The Bertz CT molecular complexity index is 976. The van der Waals surface area contributed by atoms with Crippen LogP contribution in [0.1, 0.15) is 42.3 Å². The zero-order valence-electron chi connectivity index (χ0n) is 17.7. The lowest BCUT2D eigenvalue weighted by molar-refractivity contribution is 0.0955. The zero-order valence-corrected chi connectivity index (χ0v) is 17.7. The maximum atomic E-state index is 12.3. The van der Waals surface area contributed by atoms with Gasteiger partial charge in [-0.05, 0) is 56.7 Å². The van der Waals surface area contributed by atoms with E-state index in [0.29, 0.717) is 17.1 Å². The van der Waals surface area contributed by atoms with Crippen LogP contribution in [-0.2, 0) is 0 Å². The molecule has 0 radical (unpaired) electrons. The van der Waals surface area contributed by atoms with Crippen LogP contribution in [0.25, 0.3) is 5.57 Å². The van der Waals surface area contributed by atoms with Crippen LogP contribution in [0.15, 0.2) is 47.6 Å². The Hall–Kier alpha value is -3.28. The molecular weight excluding hydrogens is 366 g/mol. The molecule has 0 aromatic heterocycles. The highest BCUT2D eigenvalue weighted by Crippen LogP contribution is 2.40. The van der Waals surface area contributed by atoms with E-state index in [1.54, 1.807) is 44.7 Å². The van der Waals surface area contributed by atoms with Gasteiger partial charge in [0.25, 0.3) is 5.91 Å². The average Bonchev–Trinajstić information content (AvgIpc) is 2.71. The lowest BCUT2D eigenvalue weighted by Gasteiger charge is -2.40. The van der Waals surface area contributed by atoms with Gasteiger partial charge in [-0.1, -0.05) is 6.08 Å². The first-order chi connectivity index (χ1) is 13.8. The number of hydrogen-bond donors (Lipinski definition) is 1. The molecule has 0 spiro atoms. The van der Waals surface area contributed by atoms with Crippen LogP contribution in [0.5, 0.6) is 11.5 Å². The summed E-state index contributed by atoms with van der Waals surface area (Å²) in [4.78, 5) is 14.5. The molecule has 1 amide bonds. The van der Waals surface area contributed by atoms with Crippen molar-refractivity contribution in [2.45, 2.75) is 26.3 Å². The first kappa shape index (κ1) is 20.5. The van der Waals surface area contributed by atoms with Gasteiger partial charge in [-0.25, -0.2) is 5.43 Å². The third kappa shape index (κ3) is 4.11. The number of benzene rings is 2. The maximum Gasteiger partial charge on any atom is 0.271 e. The molecule has 0 saturated heterocycles. The quantitative estimate of drug-likeness (QED) is 0.614. The van der Waals surface area contributed by atoms with Crippen molar-refractivity contribution in [2.24, 2.45) is 5.10 Å². The molecular formula is C23H27N3O3. The largest absolute Gasteiger partial charge is 0.497 e. The van der Waals surface area contributed by atoms with Crippen molar-refractivity contribution in [1.29, 1.82) is 0 Å². The number of rotatable bonds is 5. The van der Waals surface area contributed by atoms with Crippen LogP contribution in [0, 0.1) is 0 Å². The molecule has 29 heavy (non-hydrogen) atoms. The van der Waals surface area contributed by atoms with Crippen molar-refractivity contribution in [3.63, 3.8) is 0 Å². The van der Waals surface area contributed by atoms with E-state index in [9.17, 15) is 4.79 Å². The Balaban J connectivity index is 1.83. The molecule has 6 heteroatoms. The number of carbonyl (C=O) groups is 1. The number of likely N-dealkylation sites (N-methyl/N-ethyl adjacent to an activating group) is 1. The third-order valence-corrected chi connectivity index (χ3v) is 5.29. The zero-order chi connectivity index (χ0) is 21.2. The lowest BCUT2D eigenvalue weighted by Crippen LogP contribution is -2.42. The molecule has 0 fully saturated rings. The van der Waals surface area contributed by atoms with Gasteiger partial charge in [-0.3, -0.25) is 4.79 Å². The molecule has 2 aromatic rings. The number of carbonyl (C=O) groups excluding carboxylic acids is 1. The molecule has 1 N–H and O–H groups in total. The van der Waals surface area contributed by atoms with E-state index in [1.807, 2.05) is 12.1 Å². The van der Waals surface area contributed by atoms with Gasteiger partial charge in [0.15, 0.2) is 0 Å². The number of hydrazone groups is 1. The molecule has 3 rings (SSSR count). The predicted octanol–water partition coefficient (Wildman–Crippen LogP) is 4.10. The van der Waals surface area contributed by atoms with Crippen molar-refractivity contribution in [1.82, 2.24) is 5.43 Å². The van der Waals surface area contributed by atoms with Crippen LogP contribution >= 0.6 is 0 Å². The number of nitrogens with one attached hydrogen (secondary N) is 1. The minimum atomic E-state index is -0.293. The van der Waals surface area contributed by atoms with E-state index in [0.717, 1.165) is 16.8 Å². The maximum absolute atomic E-state index is 12.3. The van der Waals surface area contributed by atoms with Crippen LogP contribution in [0.4, 0.5) is 5.69 Å². The van der Waals surface area contributed by atoms with Gasteiger partial charge in [-0.2, -0.15) is 5.10 Å². The summed E-state index contributed by atoms with van der Waals surface area (Å²) in [6.07, 6.45) is 3.85. The molecule has 2 aromatic carbocycles. The summed E-state index contributed by atoms with van der Waals surface area (Å²) in [5.41, 5.74) is 7.20. The number of methoxy groups -OCH3 is 2. The Morgan fingerprint density at radius 2 is 1.83 bits per heavy atom. The summed E-state index contributed by atoms with van der Waals surface area (Å²) in [5, 5.41) is 4.12. The smallest absolute Gasteiger partial charge is 0.271 e. The minimum absolute atomic E-state index is 0.0793. The molecule has 0 bridgehead atoms. The van der Waals surface area contributed by atoms with E-state index in [1.165, 1.54) is 5.57 Å². The summed E-state index contributed by atoms with van der Waals surface area (Å²) in [6, 6.07) is 10.9. The van der Waals surface area contributed by atoms with Gasteiger partial charge in [-0.15, -0.1) is 0 Å². The first-order valence-corrected chi connectivity index (χ1v) is 9.40. The number of amides is 1. The molecule has 0 saturated carbocycles. The average molecular weight is 393 g/mol. The monoisotopic (exact) mass is 393 g/mol. The highest BCUT2D eigenvalue weighted by Gasteiger charge is 2.29. The standard InChI is InChI=1S/C23H27N3O3/c1-15-13-23(2,3)26(4)20-12-21(29-6)17(11-19(15)20)14-24-25-22(27)16-7-9-18(28-5)10-8-16/h7-14H,1-6H3,(H,25,27)/b24-14-. The summed E-state index contributed by atoms with van der Waals surface area (Å²) in [5.74, 6) is 1.10. The molecule has 1 aliphatic heterocycles. The molecule has 0 atom stereocenters. The van der Waals surface area contributed by atoms with Crippen LogP contribution in [0.3, 0.4) is 0 Å². The second-order valence-electron chi connectivity index (χ2n) is 7.58. The highest BCUT2D eigenvalue weighted by molar-refractivity contribution is 5.96. The second kappa shape index (κ2) is 7.99. The fraction of sp³-hybridized carbons (Fsp3) is 0.304. The third-order valence-electron chi connectivity index (χ3n) is 5.29. The van der Waals surface area contributed by atoms with Crippen molar-refractivity contribution in [3.05, 3.63) is 59.2 Å². The number of nitrogens with zero attached hydrogens (tertiary/aromatic N) is 2. The predicted molar refractivity (Wildman–Crippen MR) is 117 cm³/mol. The van der Waals surface area contributed by atoms with Crippen LogP contribution in [-0.4, -0.2) is 38.9 Å². The number of fused-ring (bicyclic) bond motifs is 1. The SMILES string of the molecule is COc1ccc(C(=O)N/N=C\c2cc3c(cc2OC)N(C)C(C)(C)C=C3C)cc1. The molecule has 0 unspecified atom stereocenters. The van der Waals surface area contributed by atoms with Gasteiger partial charge in [0, 0.05) is 35.5 Å². The van der Waals surface area contributed by atoms with E-state index in [-0.39, 0.29) is 11.4 Å². The fourth-order valence-electron chi connectivity index (χ4n) is 3.44. The normalized spacial score (nSPS) is 15.0. The first-order valence-electron chi connectivity index (χ1n) is 9.40. The van der Waals surface area contributed by atoms with Crippen molar-refractivity contribution >= 4 is 23.4 Å². The molecule has 152 valence electrons. The van der Waals surface area contributed by atoms with Crippen LogP contribution in [0.2, 0.25) is 0 Å². The number of ether oxygens (including phenoxy) is 2. The topological polar surface area (TPSA) is 63.2 Å². The van der Waals surface area contributed by atoms with E-state index >= 15 is 0 Å². The lowest BCUT2D eigenvalue weighted by atomic mass is 9.88. The second-order valence-corrected chi connectivity index (χ2v) is 7.58. The Labute approximate surface area is 171 Å². The van der Waals surface area contributed by atoms with Gasteiger partial charge in [0.2, 0.25) is 0 Å². The molecule has 1 heterocycles. The van der Waals surface area contributed by atoms with E-state index in [2.05, 4.69) is 49.3 Å². The van der Waals surface area contributed by atoms with Crippen LogP contribution < -0.4 is 19.8 Å². The fourth-order valence-corrected chi connectivity index (χ4v) is 3.44. The van der Waals surface area contributed by atoms with E-state index in [4.69, 9.17) is 9.47 Å². The van der Waals surface area contributed by atoms with Crippen molar-refractivity contribution < 1.29 is 14.3 Å². The molecule has 6 nitrogen and oxygen atoms in total. The summed E-state index contributed by atoms with van der Waals surface area (Å²) >= 11 is 0. The summed E-state index contributed by atoms with van der Waals surface area (Å²) in [6.45, 7) is 6.46. The van der Waals surface area contributed by atoms with Gasteiger partial charge >= 0.3 is 0 Å². The highest BCUT2D eigenvalue weighted by atomic mass is 16.5. The Morgan fingerprint density at radius 1 is 1.14 bits per heavy atom. The van der Waals surface area contributed by atoms with E-state index < -0.39 is 0 Å². The van der Waals surface area contributed by atoms with Gasteiger partial charge in [0.05, 0.1) is 26.0 Å². The minimum Gasteiger partial charge on any atom is -0.497 e. The van der Waals surface area contributed by atoms with Gasteiger partial charge in [0.1, 0.15) is 11.5 Å². The number of anilines is 1. The molecule has 0 aliphatic carbocycles. The van der Waals surface area contributed by atoms with Crippen molar-refractivity contribution in [2.75, 3.05) is 26.2 Å².